The molecule has 2 saturated carbocycles. The molecule has 3 aromatic rings. The van der Waals surface area contributed by atoms with E-state index in [1.807, 2.05) is 12.1 Å². The van der Waals surface area contributed by atoms with E-state index in [2.05, 4.69) is 31.2 Å². The van der Waals surface area contributed by atoms with Crippen LogP contribution >= 0.6 is 23.4 Å². The molecule has 2 aromatic carbocycles. The first-order chi connectivity index (χ1) is 21.4. The Balaban J connectivity index is 1.13. The van der Waals surface area contributed by atoms with Crippen LogP contribution in [0.5, 0.6) is 5.75 Å². The van der Waals surface area contributed by atoms with Crippen LogP contribution in [-0.2, 0) is 17.1 Å². The van der Waals surface area contributed by atoms with Crippen LogP contribution in [0, 0.1) is 11.7 Å². The molecule has 12 heteroatoms. The topological polar surface area (TPSA) is 124 Å². The molecule has 5 rings (SSSR count). The van der Waals surface area contributed by atoms with Crippen molar-refractivity contribution in [1.29, 1.82) is 0 Å². The number of carbonyl (C=O) groups excluding carboxylic acids is 1. The molecule has 0 saturated heterocycles. The number of phenols is 1. The number of phenolic OH excluding ortho intramolecular Hbond substituents is 1. The fourth-order valence-corrected chi connectivity index (χ4v) is 6.92. The van der Waals surface area contributed by atoms with Gasteiger partial charge in [0, 0.05) is 53.2 Å². The third kappa shape index (κ3) is 9.59. The van der Waals surface area contributed by atoms with E-state index in [0.717, 1.165) is 49.8 Å². The Bertz CT molecular complexity index is 1350. The van der Waals surface area contributed by atoms with Gasteiger partial charge in [-0.3, -0.25) is 4.79 Å². The SMILES string of the molecule is O=C(NCc1ccc(O)cc1)C1CCC(Nc2nc(NCCSCc3c(F)cccc3Cl)nc(NC3CCCCC3)n2)CC1. The Kier molecular flexibility index (Phi) is 11.8. The van der Waals surface area contributed by atoms with Gasteiger partial charge in [0.15, 0.2) is 0 Å². The molecule has 1 amide bonds. The van der Waals surface area contributed by atoms with Gasteiger partial charge in [0.25, 0.3) is 0 Å². The summed E-state index contributed by atoms with van der Waals surface area (Å²) >= 11 is 7.75. The fraction of sp³-hybridized carbons (Fsp3) is 0.500. The van der Waals surface area contributed by atoms with Crippen molar-refractivity contribution < 1.29 is 14.3 Å². The molecule has 2 aliphatic rings. The van der Waals surface area contributed by atoms with Gasteiger partial charge in [-0.2, -0.15) is 26.7 Å². The summed E-state index contributed by atoms with van der Waals surface area (Å²) in [6.07, 6.45) is 9.12. The standard InChI is InChI=1S/C32H41ClFN7O2S/c33-27-7-4-8-28(34)26(27)20-44-18-17-35-30-39-31(37-23-5-2-1-3-6-23)41-32(40-30)38-24-13-11-22(12-14-24)29(43)36-19-21-9-15-25(42)16-10-21/h4,7-10,15-16,22-24,42H,1-3,5-6,11-14,17-20H2,(H,36,43)(H3,35,37,38,39,40,41). The number of nitrogens with zero attached hydrogens (tertiary/aromatic N) is 3. The summed E-state index contributed by atoms with van der Waals surface area (Å²) in [5.41, 5.74) is 1.48. The van der Waals surface area contributed by atoms with Crippen LogP contribution in [0.2, 0.25) is 5.02 Å². The summed E-state index contributed by atoms with van der Waals surface area (Å²) in [6.45, 7) is 1.05. The van der Waals surface area contributed by atoms with Crippen LogP contribution in [0.1, 0.15) is 68.9 Å². The van der Waals surface area contributed by atoms with E-state index in [1.165, 1.54) is 25.3 Å². The number of hydrogen-bond donors (Lipinski definition) is 5. The van der Waals surface area contributed by atoms with Crippen molar-refractivity contribution >= 4 is 47.1 Å². The summed E-state index contributed by atoms with van der Waals surface area (Å²) < 4.78 is 14.1. The highest BCUT2D eigenvalue weighted by molar-refractivity contribution is 7.98. The van der Waals surface area contributed by atoms with Crippen LogP contribution in [0.15, 0.2) is 42.5 Å². The number of halogens is 2. The van der Waals surface area contributed by atoms with Gasteiger partial charge in [-0.15, -0.1) is 0 Å². The molecule has 9 nitrogen and oxygen atoms in total. The summed E-state index contributed by atoms with van der Waals surface area (Å²) in [7, 11) is 0. The summed E-state index contributed by atoms with van der Waals surface area (Å²) in [6, 6.07) is 12.1. The van der Waals surface area contributed by atoms with Crippen LogP contribution in [-0.4, -0.2) is 50.3 Å². The number of rotatable bonds is 13. The molecule has 44 heavy (non-hydrogen) atoms. The minimum Gasteiger partial charge on any atom is -0.508 e. The smallest absolute Gasteiger partial charge is 0.229 e. The van der Waals surface area contributed by atoms with Crippen molar-refractivity contribution in [3.05, 3.63) is 64.4 Å². The van der Waals surface area contributed by atoms with Gasteiger partial charge in [-0.1, -0.05) is 49.1 Å². The van der Waals surface area contributed by atoms with E-state index in [9.17, 15) is 14.3 Å². The van der Waals surface area contributed by atoms with Crippen LogP contribution in [0.3, 0.4) is 0 Å². The van der Waals surface area contributed by atoms with Crippen LogP contribution < -0.4 is 21.3 Å². The van der Waals surface area contributed by atoms with E-state index < -0.39 is 0 Å². The van der Waals surface area contributed by atoms with Gasteiger partial charge in [0.2, 0.25) is 23.8 Å². The quantitative estimate of drug-likeness (QED) is 0.129. The lowest BCUT2D eigenvalue weighted by atomic mass is 9.85. The first-order valence-corrected chi connectivity index (χ1v) is 17.1. The number of benzene rings is 2. The lowest BCUT2D eigenvalue weighted by Gasteiger charge is -2.28. The highest BCUT2D eigenvalue weighted by Crippen LogP contribution is 2.28. The van der Waals surface area contributed by atoms with Gasteiger partial charge in [-0.25, -0.2) is 4.39 Å². The van der Waals surface area contributed by atoms with E-state index in [4.69, 9.17) is 16.6 Å². The number of aromatic nitrogens is 3. The molecule has 0 atom stereocenters. The predicted octanol–water partition coefficient (Wildman–Crippen LogP) is 6.75. The average molecular weight is 642 g/mol. The average Bonchev–Trinajstić information content (AvgIpc) is 3.02. The zero-order chi connectivity index (χ0) is 30.7. The first kappa shape index (κ1) is 32.1. The van der Waals surface area contributed by atoms with E-state index in [0.29, 0.717) is 53.3 Å². The molecule has 0 radical (unpaired) electrons. The Morgan fingerprint density at radius 1 is 0.886 bits per heavy atom. The molecule has 0 unspecified atom stereocenters. The maximum absolute atomic E-state index is 14.1. The normalized spacial score (nSPS) is 18.9. The third-order valence-corrected chi connectivity index (χ3v) is 9.59. The lowest BCUT2D eigenvalue weighted by molar-refractivity contribution is -0.126. The van der Waals surface area contributed by atoms with Crippen molar-refractivity contribution in [2.75, 3.05) is 28.2 Å². The minimum absolute atomic E-state index is 0.0268. The number of anilines is 3. The zero-order valence-corrected chi connectivity index (χ0v) is 26.4. The van der Waals surface area contributed by atoms with Crippen molar-refractivity contribution in [1.82, 2.24) is 20.3 Å². The zero-order valence-electron chi connectivity index (χ0n) is 24.8. The van der Waals surface area contributed by atoms with Crippen molar-refractivity contribution in [3.8, 4) is 5.75 Å². The number of nitrogens with one attached hydrogen (secondary N) is 4. The van der Waals surface area contributed by atoms with Gasteiger partial charge >= 0.3 is 0 Å². The van der Waals surface area contributed by atoms with Crippen molar-refractivity contribution in [2.24, 2.45) is 5.92 Å². The second-order valence-electron chi connectivity index (χ2n) is 11.5. The maximum atomic E-state index is 14.1. The highest BCUT2D eigenvalue weighted by Gasteiger charge is 2.27. The number of aromatic hydroxyl groups is 1. The largest absolute Gasteiger partial charge is 0.508 e. The summed E-state index contributed by atoms with van der Waals surface area (Å²) in [5.74, 6) is 2.76. The van der Waals surface area contributed by atoms with Crippen LogP contribution in [0.25, 0.3) is 0 Å². The predicted molar refractivity (Wildman–Crippen MR) is 176 cm³/mol. The monoisotopic (exact) mass is 641 g/mol. The molecule has 0 spiro atoms. The first-order valence-electron chi connectivity index (χ1n) is 15.5. The molecule has 5 N–H and O–H groups in total. The Morgan fingerprint density at radius 3 is 2.23 bits per heavy atom. The summed E-state index contributed by atoms with van der Waals surface area (Å²) in [5, 5.41) is 23.3. The van der Waals surface area contributed by atoms with Gasteiger partial charge < -0.3 is 26.4 Å². The number of carbonyl (C=O) groups is 1. The Labute approximate surface area is 267 Å². The second kappa shape index (κ2) is 16.1. The molecular formula is C32H41ClFN7O2S. The molecule has 236 valence electrons. The minimum atomic E-state index is -0.284. The molecular weight excluding hydrogens is 601 g/mol. The van der Waals surface area contributed by atoms with Gasteiger partial charge in [0.05, 0.1) is 0 Å². The molecule has 1 heterocycles. The molecule has 2 fully saturated rings. The van der Waals surface area contributed by atoms with Crippen molar-refractivity contribution in [2.45, 2.75) is 82.2 Å². The Hall–Kier alpha value is -3.31. The third-order valence-electron chi connectivity index (χ3n) is 8.25. The molecule has 0 aliphatic heterocycles. The number of thioether (sulfide) groups is 1. The molecule has 0 bridgehead atoms. The lowest BCUT2D eigenvalue weighted by Crippen LogP contribution is -2.36. The maximum Gasteiger partial charge on any atom is 0.229 e. The highest BCUT2D eigenvalue weighted by atomic mass is 35.5. The summed E-state index contributed by atoms with van der Waals surface area (Å²) in [4.78, 5) is 26.8. The Morgan fingerprint density at radius 2 is 1.55 bits per heavy atom. The second-order valence-corrected chi connectivity index (χ2v) is 13.1. The van der Waals surface area contributed by atoms with Crippen molar-refractivity contribution in [3.63, 3.8) is 0 Å². The van der Waals surface area contributed by atoms with Gasteiger partial charge in [0.1, 0.15) is 11.6 Å². The van der Waals surface area contributed by atoms with E-state index in [1.54, 1.807) is 36.0 Å². The van der Waals surface area contributed by atoms with Crippen LogP contribution in [0.4, 0.5) is 22.2 Å². The van der Waals surface area contributed by atoms with Gasteiger partial charge in [-0.05, 0) is 68.4 Å². The number of hydrogen-bond acceptors (Lipinski definition) is 9. The molecule has 1 aromatic heterocycles. The molecule has 2 aliphatic carbocycles. The van der Waals surface area contributed by atoms with E-state index in [-0.39, 0.29) is 29.4 Å². The van der Waals surface area contributed by atoms with E-state index >= 15 is 0 Å². The number of amides is 1. The fourth-order valence-electron chi connectivity index (χ4n) is 5.72.